The molecule has 170 valence electrons. The smallest absolute Gasteiger partial charge is 0.251 e. The summed E-state index contributed by atoms with van der Waals surface area (Å²) in [7, 11) is 0. The lowest BCUT2D eigenvalue weighted by atomic mass is 10.1. The molecule has 5 rings (SSSR count). The van der Waals surface area contributed by atoms with Crippen molar-refractivity contribution in [3.05, 3.63) is 65.5 Å². The summed E-state index contributed by atoms with van der Waals surface area (Å²) < 4.78 is 5.35. The molecule has 2 fully saturated rings. The number of benzene rings is 2. The van der Waals surface area contributed by atoms with Crippen LogP contribution in [0.5, 0.6) is 0 Å². The van der Waals surface area contributed by atoms with Crippen LogP contribution in [0.1, 0.15) is 40.6 Å². The van der Waals surface area contributed by atoms with Crippen LogP contribution in [0.4, 0.5) is 5.69 Å². The Hall–Kier alpha value is -3.68. The van der Waals surface area contributed by atoms with E-state index in [4.69, 9.17) is 4.52 Å². The second-order valence-electron chi connectivity index (χ2n) is 8.69. The molecule has 8 heteroatoms. The van der Waals surface area contributed by atoms with E-state index in [0.29, 0.717) is 30.4 Å². The normalized spacial score (nSPS) is 16.0. The van der Waals surface area contributed by atoms with Crippen molar-refractivity contribution in [3.8, 4) is 11.4 Å². The van der Waals surface area contributed by atoms with E-state index in [-0.39, 0.29) is 18.4 Å². The van der Waals surface area contributed by atoms with Crippen molar-refractivity contribution in [2.24, 2.45) is 0 Å². The van der Waals surface area contributed by atoms with E-state index in [2.05, 4.69) is 32.5 Å². The zero-order chi connectivity index (χ0) is 22.8. The first-order valence-electron chi connectivity index (χ1n) is 11.4. The van der Waals surface area contributed by atoms with Crippen molar-refractivity contribution in [1.82, 2.24) is 20.4 Å². The summed E-state index contributed by atoms with van der Waals surface area (Å²) in [4.78, 5) is 33.4. The minimum atomic E-state index is -0.229. The fraction of sp³-hybridized carbons (Fsp3) is 0.360. The second-order valence-corrected chi connectivity index (χ2v) is 8.69. The highest BCUT2D eigenvalue weighted by Gasteiger charge is 2.29. The summed E-state index contributed by atoms with van der Waals surface area (Å²) in [5.74, 6) is 1.53. The van der Waals surface area contributed by atoms with E-state index in [0.717, 1.165) is 48.6 Å². The fourth-order valence-electron chi connectivity index (χ4n) is 3.96. The van der Waals surface area contributed by atoms with Crippen LogP contribution in [0.25, 0.3) is 11.4 Å². The van der Waals surface area contributed by atoms with E-state index >= 15 is 0 Å². The molecule has 2 aliphatic rings. The monoisotopic (exact) mass is 445 g/mol. The van der Waals surface area contributed by atoms with Crippen molar-refractivity contribution in [2.45, 2.75) is 25.7 Å². The molecule has 1 aromatic heterocycles. The average molecular weight is 446 g/mol. The minimum Gasteiger partial charge on any atom is -0.368 e. The highest BCUT2D eigenvalue weighted by Crippen LogP contribution is 2.39. The zero-order valence-corrected chi connectivity index (χ0v) is 18.7. The van der Waals surface area contributed by atoms with Gasteiger partial charge in [0, 0.05) is 48.9 Å². The lowest BCUT2D eigenvalue weighted by Gasteiger charge is -2.36. The number of piperazine rings is 1. The van der Waals surface area contributed by atoms with Gasteiger partial charge < -0.3 is 19.6 Å². The van der Waals surface area contributed by atoms with Gasteiger partial charge in [0.2, 0.25) is 17.6 Å². The van der Waals surface area contributed by atoms with Crippen LogP contribution in [0.15, 0.2) is 53.1 Å². The molecule has 1 saturated carbocycles. The SMILES string of the molecule is Cc1ccc(C(=O)NCC(=O)N2CCN(c3ccc(-c4noc(C5CC5)n4)cc3)CC2)cc1. The van der Waals surface area contributed by atoms with Crippen LogP contribution >= 0.6 is 0 Å². The lowest BCUT2D eigenvalue weighted by molar-refractivity contribution is -0.130. The third-order valence-corrected chi connectivity index (χ3v) is 6.21. The third kappa shape index (κ3) is 4.89. The number of anilines is 1. The van der Waals surface area contributed by atoms with Crippen molar-refractivity contribution < 1.29 is 14.1 Å². The van der Waals surface area contributed by atoms with Crippen molar-refractivity contribution in [2.75, 3.05) is 37.6 Å². The molecule has 2 amide bonds. The van der Waals surface area contributed by atoms with Gasteiger partial charge in [-0.3, -0.25) is 9.59 Å². The van der Waals surface area contributed by atoms with Gasteiger partial charge in [0.15, 0.2) is 0 Å². The van der Waals surface area contributed by atoms with Crippen LogP contribution in [0.2, 0.25) is 0 Å². The number of amides is 2. The van der Waals surface area contributed by atoms with Gasteiger partial charge >= 0.3 is 0 Å². The maximum atomic E-state index is 12.6. The number of aryl methyl sites for hydroxylation is 1. The first kappa shape index (κ1) is 21.2. The van der Waals surface area contributed by atoms with Gasteiger partial charge in [0.05, 0.1) is 6.54 Å². The Kier molecular flexibility index (Phi) is 5.81. The topological polar surface area (TPSA) is 91.6 Å². The predicted molar refractivity (Wildman–Crippen MR) is 124 cm³/mol. The standard InChI is InChI=1S/C25H27N5O3/c1-17-2-4-19(5-3-17)24(32)26-16-22(31)30-14-12-29(13-15-30)21-10-8-18(9-11-21)23-27-25(33-28-23)20-6-7-20/h2-5,8-11,20H,6-7,12-16H2,1H3,(H,26,32). The molecular weight excluding hydrogens is 418 g/mol. The molecule has 2 heterocycles. The summed E-state index contributed by atoms with van der Waals surface area (Å²) in [6, 6.07) is 15.4. The van der Waals surface area contributed by atoms with E-state index in [9.17, 15) is 9.59 Å². The number of nitrogens with zero attached hydrogens (tertiary/aromatic N) is 4. The highest BCUT2D eigenvalue weighted by atomic mass is 16.5. The Morgan fingerprint density at radius 2 is 1.70 bits per heavy atom. The molecule has 0 radical (unpaired) electrons. The minimum absolute atomic E-state index is 0.00888. The van der Waals surface area contributed by atoms with Gasteiger partial charge in [-0.15, -0.1) is 0 Å². The van der Waals surface area contributed by atoms with Gasteiger partial charge in [-0.05, 0) is 56.2 Å². The number of hydrogen-bond acceptors (Lipinski definition) is 6. The number of nitrogens with one attached hydrogen (secondary N) is 1. The molecule has 3 aromatic rings. The van der Waals surface area contributed by atoms with E-state index in [1.54, 1.807) is 17.0 Å². The molecule has 1 saturated heterocycles. The van der Waals surface area contributed by atoms with Crippen molar-refractivity contribution >= 4 is 17.5 Å². The maximum absolute atomic E-state index is 12.6. The zero-order valence-electron chi connectivity index (χ0n) is 18.7. The first-order valence-corrected chi connectivity index (χ1v) is 11.4. The number of hydrogen-bond donors (Lipinski definition) is 1. The van der Waals surface area contributed by atoms with Crippen LogP contribution in [0.3, 0.4) is 0 Å². The Labute approximate surface area is 192 Å². The first-order chi connectivity index (χ1) is 16.1. The average Bonchev–Trinajstić information content (AvgIpc) is 3.59. The number of carbonyl (C=O) groups is 2. The van der Waals surface area contributed by atoms with Crippen molar-refractivity contribution in [1.29, 1.82) is 0 Å². The molecule has 0 bridgehead atoms. The Balaban J connectivity index is 1.11. The summed E-state index contributed by atoms with van der Waals surface area (Å²) in [5, 5.41) is 6.83. The Bertz CT molecular complexity index is 1130. The summed E-state index contributed by atoms with van der Waals surface area (Å²) in [5.41, 5.74) is 3.69. The molecule has 1 aliphatic carbocycles. The molecule has 0 spiro atoms. The van der Waals surface area contributed by atoms with Crippen LogP contribution in [0, 0.1) is 6.92 Å². The largest absolute Gasteiger partial charge is 0.368 e. The second kappa shape index (κ2) is 9.05. The van der Waals surface area contributed by atoms with Gasteiger partial charge in [-0.1, -0.05) is 22.9 Å². The molecule has 2 aromatic carbocycles. The summed E-state index contributed by atoms with van der Waals surface area (Å²) >= 11 is 0. The third-order valence-electron chi connectivity index (χ3n) is 6.21. The van der Waals surface area contributed by atoms with Gasteiger partial charge in [0.1, 0.15) is 0 Å². The van der Waals surface area contributed by atoms with E-state index in [1.807, 2.05) is 31.2 Å². The number of carbonyl (C=O) groups excluding carboxylic acids is 2. The number of rotatable bonds is 6. The van der Waals surface area contributed by atoms with Crippen LogP contribution < -0.4 is 10.2 Å². The maximum Gasteiger partial charge on any atom is 0.251 e. The molecule has 0 unspecified atom stereocenters. The number of aromatic nitrogens is 2. The predicted octanol–water partition coefficient (Wildman–Crippen LogP) is 3.00. The molecular formula is C25H27N5O3. The molecule has 33 heavy (non-hydrogen) atoms. The Morgan fingerprint density at radius 1 is 1.00 bits per heavy atom. The van der Waals surface area contributed by atoms with Gasteiger partial charge in [-0.25, -0.2) is 0 Å². The van der Waals surface area contributed by atoms with E-state index < -0.39 is 0 Å². The molecule has 1 aliphatic heterocycles. The highest BCUT2D eigenvalue weighted by molar-refractivity contribution is 5.96. The summed E-state index contributed by atoms with van der Waals surface area (Å²) in [6.07, 6.45) is 2.27. The molecule has 0 atom stereocenters. The quantitative estimate of drug-likeness (QED) is 0.627. The fourth-order valence-corrected chi connectivity index (χ4v) is 3.96. The summed E-state index contributed by atoms with van der Waals surface area (Å²) in [6.45, 7) is 4.70. The van der Waals surface area contributed by atoms with Crippen molar-refractivity contribution in [3.63, 3.8) is 0 Å². The van der Waals surface area contributed by atoms with Crippen LogP contribution in [-0.4, -0.2) is 59.6 Å². The van der Waals surface area contributed by atoms with Gasteiger partial charge in [-0.2, -0.15) is 4.98 Å². The lowest BCUT2D eigenvalue weighted by Crippen LogP contribution is -2.51. The molecule has 8 nitrogen and oxygen atoms in total. The van der Waals surface area contributed by atoms with Gasteiger partial charge in [0.25, 0.3) is 5.91 Å². The Morgan fingerprint density at radius 3 is 2.36 bits per heavy atom. The van der Waals surface area contributed by atoms with E-state index in [1.165, 1.54) is 0 Å². The molecule has 1 N–H and O–H groups in total. The van der Waals surface area contributed by atoms with Crippen LogP contribution in [-0.2, 0) is 4.79 Å².